The van der Waals surface area contributed by atoms with Crippen molar-refractivity contribution in [2.24, 2.45) is 0 Å². The first-order valence-corrected chi connectivity index (χ1v) is 8.88. The van der Waals surface area contributed by atoms with Gasteiger partial charge in [-0.25, -0.2) is 4.98 Å². The van der Waals surface area contributed by atoms with Gasteiger partial charge in [0.2, 0.25) is 5.89 Å². The standard InChI is InChI=1S/C19H28N4O/c1-15(2)18-12-21-19(24-18)14-22(3)17-7-11-23(13-17)10-6-16-4-8-20-9-5-16/h4-5,8-9,12,15,17H,6-7,10-11,13-14H2,1-3H3/t17-/m1/s1. The average molecular weight is 328 g/mol. The van der Waals surface area contributed by atoms with Crippen molar-refractivity contribution in [3.63, 3.8) is 0 Å². The lowest BCUT2D eigenvalue weighted by Crippen LogP contribution is -2.34. The molecule has 0 amide bonds. The summed E-state index contributed by atoms with van der Waals surface area (Å²) in [6.07, 6.45) is 7.92. The van der Waals surface area contributed by atoms with E-state index in [4.69, 9.17) is 4.42 Å². The number of aromatic nitrogens is 2. The summed E-state index contributed by atoms with van der Waals surface area (Å²) in [5.74, 6) is 2.20. The summed E-state index contributed by atoms with van der Waals surface area (Å²) in [7, 11) is 2.18. The highest BCUT2D eigenvalue weighted by molar-refractivity contribution is 5.10. The highest BCUT2D eigenvalue weighted by atomic mass is 16.4. The molecule has 0 radical (unpaired) electrons. The van der Waals surface area contributed by atoms with Gasteiger partial charge in [-0.3, -0.25) is 9.88 Å². The van der Waals surface area contributed by atoms with Crippen LogP contribution in [0, 0.1) is 0 Å². The topological polar surface area (TPSA) is 45.4 Å². The van der Waals surface area contributed by atoms with E-state index in [1.807, 2.05) is 18.6 Å². The molecule has 0 bridgehead atoms. The maximum absolute atomic E-state index is 5.84. The molecule has 1 atom stereocenters. The Hall–Kier alpha value is -1.72. The Morgan fingerprint density at radius 1 is 1.33 bits per heavy atom. The first kappa shape index (κ1) is 17.1. The molecule has 0 unspecified atom stereocenters. The third-order valence-corrected chi connectivity index (χ3v) is 4.86. The van der Waals surface area contributed by atoms with Gasteiger partial charge in [0.15, 0.2) is 0 Å². The lowest BCUT2D eigenvalue weighted by Gasteiger charge is -2.23. The molecule has 0 spiro atoms. The lowest BCUT2D eigenvalue weighted by molar-refractivity contribution is 0.205. The van der Waals surface area contributed by atoms with E-state index in [1.165, 1.54) is 18.5 Å². The first-order chi connectivity index (χ1) is 11.6. The van der Waals surface area contributed by atoms with Crippen LogP contribution in [0.2, 0.25) is 0 Å². The third-order valence-electron chi connectivity index (χ3n) is 4.86. The van der Waals surface area contributed by atoms with Crippen LogP contribution in [0.3, 0.4) is 0 Å². The number of likely N-dealkylation sites (N-methyl/N-ethyl adjacent to an activating group) is 1. The van der Waals surface area contributed by atoms with Gasteiger partial charge in [-0.15, -0.1) is 0 Å². The molecule has 1 saturated heterocycles. The van der Waals surface area contributed by atoms with Gasteiger partial charge in [0.05, 0.1) is 12.7 Å². The van der Waals surface area contributed by atoms with E-state index in [2.05, 4.69) is 52.8 Å². The van der Waals surface area contributed by atoms with E-state index in [0.29, 0.717) is 12.0 Å². The Balaban J connectivity index is 1.45. The molecule has 5 heteroatoms. The first-order valence-electron chi connectivity index (χ1n) is 8.88. The fourth-order valence-electron chi connectivity index (χ4n) is 3.22. The van der Waals surface area contributed by atoms with E-state index in [0.717, 1.165) is 37.7 Å². The molecule has 3 rings (SSSR count). The van der Waals surface area contributed by atoms with Crippen LogP contribution in [0.4, 0.5) is 0 Å². The van der Waals surface area contributed by atoms with Gasteiger partial charge in [-0.2, -0.15) is 0 Å². The van der Waals surface area contributed by atoms with E-state index in [9.17, 15) is 0 Å². The van der Waals surface area contributed by atoms with Crippen molar-refractivity contribution in [2.45, 2.75) is 45.2 Å². The largest absolute Gasteiger partial charge is 0.444 e. The van der Waals surface area contributed by atoms with E-state index >= 15 is 0 Å². The molecule has 2 aromatic rings. The van der Waals surface area contributed by atoms with Crippen LogP contribution in [-0.2, 0) is 13.0 Å². The molecule has 0 saturated carbocycles. The van der Waals surface area contributed by atoms with Gasteiger partial charge in [0.1, 0.15) is 5.76 Å². The predicted molar refractivity (Wildman–Crippen MR) is 94.8 cm³/mol. The van der Waals surface area contributed by atoms with Crippen LogP contribution < -0.4 is 0 Å². The highest BCUT2D eigenvalue weighted by Gasteiger charge is 2.26. The number of rotatable bonds is 7. The zero-order valence-electron chi connectivity index (χ0n) is 15.0. The van der Waals surface area contributed by atoms with Crippen molar-refractivity contribution in [1.82, 2.24) is 19.8 Å². The van der Waals surface area contributed by atoms with E-state index < -0.39 is 0 Å². The summed E-state index contributed by atoms with van der Waals surface area (Å²) in [4.78, 5) is 13.4. The average Bonchev–Trinajstić information content (AvgIpc) is 3.23. The second-order valence-corrected chi connectivity index (χ2v) is 7.07. The molecule has 24 heavy (non-hydrogen) atoms. The lowest BCUT2D eigenvalue weighted by atomic mass is 10.2. The summed E-state index contributed by atoms with van der Waals surface area (Å²) in [6.45, 7) is 8.46. The Morgan fingerprint density at radius 3 is 2.83 bits per heavy atom. The molecule has 1 aliphatic rings. The van der Waals surface area contributed by atoms with Gasteiger partial charge in [-0.1, -0.05) is 13.8 Å². The minimum Gasteiger partial charge on any atom is -0.444 e. The summed E-state index contributed by atoms with van der Waals surface area (Å²) in [5, 5.41) is 0. The fraction of sp³-hybridized carbons (Fsp3) is 0.579. The Morgan fingerprint density at radius 2 is 2.12 bits per heavy atom. The van der Waals surface area contributed by atoms with Crippen molar-refractivity contribution in [3.8, 4) is 0 Å². The van der Waals surface area contributed by atoms with Gasteiger partial charge in [-0.05, 0) is 44.1 Å². The molecule has 5 nitrogen and oxygen atoms in total. The van der Waals surface area contributed by atoms with Crippen LogP contribution in [0.1, 0.15) is 43.4 Å². The third kappa shape index (κ3) is 4.42. The van der Waals surface area contributed by atoms with E-state index in [1.54, 1.807) is 0 Å². The molecule has 2 aromatic heterocycles. The Bertz CT molecular complexity index is 625. The quantitative estimate of drug-likeness (QED) is 0.782. The van der Waals surface area contributed by atoms with Crippen molar-refractivity contribution >= 4 is 0 Å². The molecule has 3 heterocycles. The predicted octanol–water partition coefficient (Wildman–Crippen LogP) is 2.94. The van der Waals surface area contributed by atoms with Crippen LogP contribution in [0.15, 0.2) is 35.1 Å². The molecule has 0 aromatic carbocycles. The maximum Gasteiger partial charge on any atom is 0.208 e. The maximum atomic E-state index is 5.84. The Labute approximate surface area is 144 Å². The zero-order valence-corrected chi connectivity index (χ0v) is 15.0. The van der Waals surface area contributed by atoms with E-state index in [-0.39, 0.29) is 0 Å². The normalized spacial score (nSPS) is 18.8. The molecule has 0 N–H and O–H groups in total. The molecule has 0 aliphatic carbocycles. The van der Waals surface area contributed by atoms with Crippen molar-refractivity contribution in [1.29, 1.82) is 0 Å². The molecular weight excluding hydrogens is 300 g/mol. The van der Waals surface area contributed by atoms with Crippen LogP contribution in [-0.4, -0.2) is 52.5 Å². The molecule has 1 fully saturated rings. The van der Waals surface area contributed by atoms with Gasteiger partial charge in [0, 0.05) is 37.4 Å². The number of likely N-dealkylation sites (tertiary alicyclic amines) is 1. The smallest absolute Gasteiger partial charge is 0.208 e. The molecule has 1 aliphatic heterocycles. The highest BCUT2D eigenvalue weighted by Crippen LogP contribution is 2.19. The van der Waals surface area contributed by atoms with Crippen LogP contribution >= 0.6 is 0 Å². The zero-order chi connectivity index (χ0) is 16.9. The van der Waals surface area contributed by atoms with Crippen molar-refractivity contribution in [3.05, 3.63) is 47.9 Å². The minimum absolute atomic E-state index is 0.395. The van der Waals surface area contributed by atoms with Crippen LogP contribution in [0.25, 0.3) is 0 Å². The summed E-state index contributed by atoms with van der Waals surface area (Å²) >= 11 is 0. The number of pyridine rings is 1. The molecule has 130 valence electrons. The monoisotopic (exact) mass is 328 g/mol. The van der Waals surface area contributed by atoms with Gasteiger partial charge in [0.25, 0.3) is 0 Å². The SMILES string of the molecule is CC(C)c1cnc(CN(C)[C@@H]2CCN(CCc3ccncc3)C2)o1. The Kier molecular flexibility index (Phi) is 5.63. The molecular formula is C19H28N4O. The summed E-state index contributed by atoms with van der Waals surface area (Å²) in [5.41, 5.74) is 1.36. The number of hydrogen-bond donors (Lipinski definition) is 0. The number of nitrogens with zero attached hydrogens (tertiary/aromatic N) is 4. The van der Waals surface area contributed by atoms with Gasteiger partial charge >= 0.3 is 0 Å². The van der Waals surface area contributed by atoms with Gasteiger partial charge < -0.3 is 9.32 Å². The second kappa shape index (κ2) is 7.90. The fourth-order valence-corrected chi connectivity index (χ4v) is 3.22. The number of oxazole rings is 1. The van der Waals surface area contributed by atoms with Crippen molar-refractivity contribution in [2.75, 3.05) is 26.7 Å². The second-order valence-electron chi connectivity index (χ2n) is 7.07. The van der Waals surface area contributed by atoms with Crippen molar-refractivity contribution < 1.29 is 4.42 Å². The van der Waals surface area contributed by atoms with Crippen LogP contribution in [0.5, 0.6) is 0 Å². The minimum atomic E-state index is 0.395. The summed E-state index contributed by atoms with van der Waals surface area (Å²) < 4.78 is 5.84. The summed E-state index contributed by atoms with van der Waals surface area (Å²) in [6, 6.07) is 4.79. The number of hydrogen-bond acceptors (Lipinski definition) is 5.